The number of hydrogen-bond acceptors (Lipinski definition) is 8. The Balaban J connectivity index is 1.51. The molecule has 0 saturated heterocycles. The zero-order valence-corrected chi connectivity index (χ0v) is 21.6. The second-order valence-corrected chi connectivity index (χ2v) is 11.6. The molecule has 2 aliphatic rings. The first kappa shape index (κ1) is 25.8. The molecule has 10 nitrogen and oxygen atoms in total. The van der Waals surface area contributed by atoms with Gasteiger partial charge in [0.1, 0.15) is 0 Å². The van der Waals surface area contributed by atoms with E-state index >= 15 is 0 Å². The third-order valence-corrected chi connectivity index (χ3v) is 8.05. The molecule has 12 heteroatoms. The molecule has 1 aromatic rings. The van der Waals surface area contributed by atoms with E-state index in [2.05, 4.69) is 45.2 Å². The van der Waals surface area contributed by atoms with Crippen molar-refractivity contribution >= 4 is 29.5 Å². The Morgan fingerprint density at radius 1 is 1.61 bits per heavy atom. The van der Waals surface area contributed by atoms with Crippen LogP contribution in [-0.4, -0.2) is 57.4 Å². The number of allylic oxidation sites excluding steroid dienone is 3. The van der Waals surface area contributed by atoms with Crippen LogP contribution in [0, 0.1) is 5.21 Å². The van der Waals surface area contributed by atoms with Gasteiger partial charge in [-0.2, -0.15) is 0 Å². The van der Waals surface area contributed by atoms with E-state index in [0.29, 0.717) is 19.5 Å². The van der Waals surface area contributed by atoms with Gasteiger partial charge in [-0.05, 0) is 23.5 Å². The number of rotatable bonds is 10. The fraction of sp³-hybridized carbons (Fsp3) is 0.381. The topological polar surface area (TPSA) is 140 Å². The first-order chi connectivity index (χ1) is 15.8. The largest absolute Gasteiger partial charge is 0.307 e. The van der Waals surface area contributed by atoms with Crippen molar-refractivity contribution in [3.8, 4) is 0 Å². The summed E-state index contributed by atoms with van der Waals surface area (Å²) in [6, 6.07) is -0.266. The van der Waals surface area contributed by atoms with Crippen molar-refractivity contribution in [3.63, 3.8) is 0 Å². The van der Waals surface area contributed by atoms with Crippen LogP contribution in [-0.2, 0) is 0 Å². The third-order valence-electron chi connectivity index (χ3n) is 4.91. The van der Waals surface area contributed by atoms with Crippen LogP contribution in [0.2, 0.25) is 0 Å². The van der Waals surface area contributed by atoms with Gasteiger partial charge in [-0.15, -0.1) is 11.8 Å². The minimum absolute atomic E-state index is 0.0326. The molecule has 4 unspecified atom stereocenters. The van der Waals surface area contributed by atoms with Crippen molar-refractivity contribution in [2.75, 3.05) is 13.1 Å². The van der Waals surface area contributed by atoms with Gasteiger partial charge in [0.05, 0.1) is 17.6 Å². The molecule has 33 heavy (non-hydrogen) atoms. The maximum absolute atomic E-state index is 10.8. The Morgan fingerprint density at radius 3 is 3.03 bits per heavy atom. The zero-order chi connectivity index (χ0) is 23.8. The minimum atomic E-state index is -0.997. The smallest absolute Gasteiger partial charge is 0.0990 e. The van der Waals surface area contributed by atoms with E-state index in [0.717, 1.165) is 20.7 Å². The number of nitrogens with two attached hydrogens (primary N) is 1. The van der Waals surface area contributed by atoms with Crippen molar-refractivity contribution in [2.45, 2.75) is 37.7 Å². The number of thioether (sulfide) groups is 1. The molecule has 6 N–H and O–H groups in total. The number of aromatic nitrogens is 2. The Bertz CT molecular complexity index is 971. The molecule has 4 atom stereocenters. The molecule has 0 spiro atoms. The minimum Gasteiger partial charge on any atom is -0.307 e. The van der Waals surface area contributed by atoms with Crippen molar-refractivity contribution in [1.82, 2.24) is 20.2 Å². The Hall–Kier alpha value is -1.81. The number of dihydropyridines is 1. The van der Waals surface area contributed by atoms with Crippen LogP contribution < -0.4 is 41.3 Å². The Morgan fingerprint density at radius 2 is 2.42 bits per heavy atom. The van der Waals surface area contributed by atoms with Crippen LogP contribution in [0.5, 0.6) is 0 Å². The van der Waals surface area contributed by atoms with Crippen LogP contribution in [0.4, 0.5) is 0 Å². The fourth-order valence-corrected chi connectivity index (χ4v) is 5.77. The molecule has 0 amide bonds. The van der Waals surface area contributed by atoms with E-state index in [1.54, 1.807) is 30.5 Å². The molecule has 0 fully saturated rings. The van der Waals surface area contributed by atoms with Gasteiger partial charge in [0.15, 0.2) is 0 Å². The van der Waals surface area contributed by atoms with Gasteiger partial charge in [0, 0.05) is 12.4 Å². The summed E-state index contributed by atoms with van der Waals surface area (Å²) in [5, 5.41) is 26.3. The molecular formula is C21H30IN8O2S-. The predicted octanol–water partition coefficient (Wildman–Crippen LogP) is -2.36. The fourth-order valence-electron chi connectivity index (χ4n) is 3.34. The molecule has 0 saturated carbocycles. The summed E-state index contributed by atoms with van der Waals surface area (Å²) >= 11 is 0.731. The molecular weight excluding hydrogens is 555 g/mol. The summed E-state index contributed by atoms with van der Waals surface area (Å²) in [5.41, 5.74) is 8.52. The molecule has 0 radical (unpaired) electrons. The van der Waals surface area contributed by atoms with Gasteiger partial charge in [-0.3, -0.25) is 0 Å². The van der Waals surface area contributed by atoms with E-state index in [1.807, 2.05) is 30.0 Å². The van der Waals surface area contributed by atoms with E-state index in [-0.39, 0.29) is 17.5 Å². The second-order valence-electron chi connectivity index (χ2n) is 7.47. The molecule has 3 rings (SSSR count). The normalized spacial score (nSPS) is 23.5. The maximum Gasteiger partial charge on any atom is 0.0990 e. The van der Waals surface area contributed by atoms with Crippen molar-refractivity contribution in [3.05, 3.63) is 62.9 Å². The van der Waals surface area contributed by atoms with Gasteiger partial charge >= 0.3 is 122 Å². The standard InChI is InChI=1S/C21H30IN8O2S/c1-14-10-15(2)33-21(14)20(23)18(29-9-8-24-13-29)12-27-16(3)25-6-7-26-19-5-4-17(11-28-19)22-30(31)32/h4,8-13,19-21,26,30-31H,1,5-7,23H2,2-3H3,(H,25,27)/q-1/b18-12+. The zero-order valence-electron chi connectivity index (χ0n) is 18.6. The van der Waals surface area contributed by atoms with E-state index in [9.17, 15) is 5.21 Å². The van der Waals surface area contributed by atoms with Crippen LogP contribution in [0.3, 0.4) is 0 Å². The van der Waals surface area contributed by atoms with Crippen LogP contribution in [0.25, 0.3) is 5.70 Å². The molecule has 0 aromatic carbocycles. The molecule has 3 heterocycles. The van der Waals surface area contributed by atoms with Gasteiger partial charge in [-0.1, -0.05) is 6.58 Å². The van der Waals surface area contributed by atoms with E-state index < -0.39 is 24.9 Å². The first-order valence-corrected chi connectivity index (χ1v) is 13.5. The molecule has 1 aromatic heterocycles. The molecule has 0 aliphatic carbocycles. The second kappa shape index (κ2) is 12.6. The average Bonchev–Trinajstić information content (AvgIpc) is 3.41. The summed E-state index contributed by atoms with van der Waals surface area (Å²) in [5.74, 6) is 0.773. The van der Waals surface area contributed by atoms with Crippen LogP contribution >= 0.6 is 11.8 Å². The van der Waals surface area contributed by atoms with Gasteiger partial charge in [-0.25, -0.2) is 4.98 Å². The van der Waals surface area contributed by atoms with Crippen molar-refractivity contribution in [2.24, 2.45) is 15.7 Å². The van der Waals surface area contributed by atoms with Gasteiger partial charge in [0.25, 0.3) is 0 Å². The number of amidine groups is 1. The Kier molecular flexibility index (Phi) is 9.85. The average molecular weight is 585 g/mol. The Labute approximate surface area is 208 Å². The van der Waals surface area contributed by atoms with Crippen LogP contribution in [0.1, 0.15) is 20.3 Å². The number of halogens is 1. The number of hydrogen-bond donors (Lipinski definition) is 5. The molecule has 0 bridgehead atoms. The van der Waals surface area contributed by atoms with Crippen molar-refractivity contribution < 1.29 is 30.1 Å². The SMILES string of the molecule is C=C1C=C(C)SC1C(N)/C(=C\NC(C)=NCCNC1CC=C([I-][NH+]([O-])O)C=N1)n1ccnc1. The maximum atomic E-state index is 10.8. The third kappa shape index (κ3) is 7.88. The monoisotopic (exact) mass is 585 g/mol. The first-order valence-electron chi connectivity index (χ1n) is 10.4. The van der Waals surface area contributed by atoms with E-state index in [1.165, 1.54) is 4.91 Å². The number of nitrogens with zero attached hydrogens (tertiary/aromatic N) is 4. The molecule has 180 valence electrons. The van der Waals surface area contributed by atoms with Crippen LogP contribution in [0.15, 0.2) is 67.7 Å². The van der Waals surface area contributed by atoms with Crippen molar-refractivity contribution in [1.29, 1.82) is 0 Å². The number of nitrogens with one attached hydrogen (secondary N) is 3. The summed E-state index contributed by atoms with van der Waals surface area (Å²) in [6.07, 6.45) is 13.6. The van der Waals surface area contributed by atoms with Gasteiger partial charge in [0.2, 0.25) is 0 Å². The summed E-state index contributed by atoms with van der Waals surface area (Å²) in [4.78, 5) is 14.3. The van der Waals surface area contributed by atoms with E-state index in [4.69, 9.17) is 10.9 Å². The number of imidazole rings is 1. The number of aliphatic imine (C=N–C) groups is 2. The summed E-state index contributed by atoms with van der Waals surface area (Å²) in [6.45, 7) is 9.38. The quantitative estimate of drug-likeness (QED) is 0.0517. The summed E-state index contributed by atoms with van der Waals surface area (Å²) in [7, 11) is 0. The van der Waals surface area contributed by atoms with Gasteiger partial charge < -0.3 is 10.3 Å². The summed E-state index contributed by atoms with van der Waals surface area (Å²) < 4.78 is 2.02. The number of quaternary nitrogens is 1. The predicted molar refractivity (Wildman–Crippen MR) is 129 cm³/mol. The molecule has 2 aliphatic heterocycles.